The molecule has 7 heteroatoms. The molecule has 23 heavy (non-hydrogen) atoms. The SMILES string of the molecule is CCCS(=O)(=O)N1CCOC[C@@]2(CCN(c3ccccn3)C2)C1. The van der Waals surface area contributed by atoms with E-state index in [2.05, 4.69) is 9.88 Å². The van der Waals surface area contributed by atoms with Crippen molar-refractivity contribution in [2.75, 3.05) is 50.0 Å². The quantitative estimate of drug-likeness (QED) is 0.829. The molecule has 0 aromatic carbocycles. The van der Waals surface area contributed by atoms with Crippen molar-refractivity contribution in [3.8, 4) is 0 Å². The number of aromatic nitrogens is 1. The van der Waals surface area contributed by atoms with Crippen molar-refractivity contribution < 1.29 is 13.2 Å². The van der Waals surface area contributed by atoms with E-state index in [0.717, 1.165) is 25.3 Å². The lowest BCUT2D eigenvalue weighted by Gasteiger charge is -2.31. The number of hydrogen-bond donors (Lipinski definition) is 0. The maximum atomic E-state index is 12.5. The van der Waals surface area contributed by atoms with Gasteiger partial charge in [0, 0.05) is 37.8 Å². The molecule has 1 spiro atoms. The molecule has 0 N–H and O–H groups in total. The molecule has 0 saturated carbocycles. The number of hydrogen-bond acceptors (Lipinski definition) is 5. The van der Waals surface area contributed by atoms with E-state index >= 15 is 0 Å². The van der Waals surface area contributed by atoms with Crippen LogP contribution in [0.3, 0.4) is 0 Å². The van der Waals surface area contributed by atoms with Crippen molar-refractivity contribution in [1.29, 1.82) is 0 Å². The van der Waals surface area contributed by atoms with Gasteiger partial charge in [0.25, 0.3) is 0 Å². The average Bonchev–Trinajstić information content (AvgIpc) is 2.82. The van der Waals surface area contributed by atoms with Gasteiger partial charge in [-0.05, 0) is 25.0 Å². The summed E-state index contributed by atoms with van der Waals surface area (Å²) in [5.41, 5.74) is -0.130. The Bertz CT molecular complexity index is 623. The van der Waals surface area contributed by atoms with Gasteiger partial charge in [-0.3, -0.25) is 0 Å². The van der Waals surface area contributed by atoms with Crippen LogP contribution in [0.4, 0.5) is 5.82 Å². The van der Waals surface area contributed by atoms with E-state index in [4.69, 9.17) is 4.74 Å². The largest absolute Gasteiger partial charge is 0.379 e. The number of pyridine rings is 1. The van der Waals surface area contributed by atoms with Gasteiger partial charge in [0.1, 0.15) is 5.82 Å². The molecule has 6 nitrogen and oxygen atoms in total. The molecule has 2 fully saturated rings. The summed E-state index contributed by atoms with van der Waals surface area (Å²) in [4.78, 5) is 6.65. The predicted molar refractivity (Wildman–Crippen MR) is 90.0 cm³/mol. The number of sulfonamides is 1. The zero-order valence-electron chi connectivity index (χ0n) is 13.6. The molecule has 0 aliphatic carbocycles. The highest BCUT2D eigenvalue weighted by molar-refractivity contribution is 7.89. The Hall–Kier alpha value is -1.18. The Labute approximate surface area is 138 Å². The van der Waals surface area contributed by atoms with Crippen LogP contribution >= 0.6 is 0 Å². The van der Waals surface area contributed by atoms with Gasteiger partial charge in [0.05, 0.1) is 19.0 Å². The second-order valence-electron chi connectivity index (χ2n) is 6.56. The molecule has 3 heterocycles. The first-order chi connectivity index (χ1) is 11.0. The highest BCUT2D eigenvalue weighted by Gasteiger charge is 2.43. The highest BCUT2D eigenvalue weighted by Crippen LogP contribution is 2.36. The average molecular weight is 339 g/mol. The van der Waals surface area contributed by atoms with Crippen LogP contribution < -0.4 is 4.90 Å². The van der Waals surface area contributed by atoms with E-state index in [9.17, 15) is 8.42 Å². The molecule has 2 aliphatic rings. The third-order valence-corrected chi connectivity index (χ3v) is 6.69. The van der Waals surface area contributed by atoms with Gasteiger partial charge >= 0.3 is 0 Å². The summed E-state index contributed by atoms with van der Waals surface area (Å²) < 4.78 is 32.4. The lowest BCUT2D eigenvalue weighted by Crippen LogP contribution is -2.44. The van der Waals surface area contributed by atoms with E-state index in [-0.39, 0.29) is 11.2 Å². The predicted octanol–water partition coefficient (Wildman–Crippen LogP) is 1.35. The molecule has 1 atom stereocenters. The van der Waals surface area contributed by atoms with Crippen molar-refractivity contribution >= 4 is 15.8 Å². The summed E-state index contributed by atoms with van der Waals surface area (Å²) in [6.45, 7) is 5.71. The summed E-state index contributed by atoms with van der Waals surface area (Å²) >= 11 is 0. The summed E-state index contributed by atoms with van der Waals surface area (Å²) in [6.07, 6.45) is 3.37. The molecule has 128 valence electrons. The Morgan fingerprint density at radius 1 is 1.30 bits per heavy atom. The second kappa shape index (κ2) is 6.75. The molecule has 0 unspecified atom stereocenters. The van der Waals surface area contributed by atoms with Gasteiger partial charge < -0.3 is 9.64 Å². The Balaban J connectivity index is 1.76. The van der Waals surface area contributed by atoms with Crippen molar-refractivity contribution in [3.05, 3.63) is 24.4 Å². The van der Waals surface area contributed by atoms with E-state index in [0.29, 0.717) is 32.7 Å². The smallest absolute Gasteiger partial charge is 0.214 e. The molecular formula is C16H25N3O3S. The van der Waals surface area contributed by atoms with Gasteiger partial charge in [-0.15, -0.1) is 0 Å². The van der Waals surface area contributed by atoms with Crippen molar-refractivity contribution in [2.45, 2.75) is 19.8 Å². The first-order valence-electron chi connectivity index (χ1n) is 8.26. The summed E-state index contributed by atoms with van der Waals surface area (Å²) in [6, 6.07) is 5.89. The minimum absolute atomic E-state index is 0.130. The van der Waals surface area contributed by atoms with Crippen LogP contribution in [0.25, 0.3) is 0 Å². The topological polar surface area (TPSA) is 62.7 Å². The zero-order chi connectivity index (χ0) is 16.3. The number of rotatable bonds is 4. The minimum atomic E-state index is -3.18. The van der Waals surface area contributed by atoms with Gasteiger partial charge in [-0.25, -0.2) is 13.4 Å². The fourth-order valence-corrected chi connectivity index (χ4v) is 5.09. The number of anilines is 1. The van der Waals surface area contributed by atoms with Crippen LogP contribution in [0.1, 0.15) is 19.8 Å². The van der Waals surface area contributed by atoms with Crippen LogP contribution in [-0.4, -0.2) is 62.9 Å². The standard InChI is InChI=1S/C16H25N3O3S/c1-2-11-23(20,21)19-9-10-22-14-16(13-19)6-8-18(12-16)15-5-3-4-7-17-15/h3-5,7H,2,6,8-14H2,1H3/t16-/m1/s1. The highest BCUT2D eigenvalue weighted by atomic mass is 32.2. The Morgan fingerprint density at radius 2 is 2.17 bits per heavy atom. The molecule has 1 aromatic rings. The fourth-order valence-electron chi connectivity index (χ4n) is 3.50. The van der Waals surface area contributed by atoms with Gasteiger partial charge in [-0.1, -0.05) is 13.0 Å². The number of ether oxygens (including phenoxy) is 1. The minimum Gasteiger partial charge on any atom is -0.379 e. The van der Waals surface area contributed by atoms with Crippen LogP contribution in [-0.2, 0) is 14.8 Å². The maximum absolute atomic E-state index is 12.5. The van der Waals surface area contributed by atoms with Gasteiger partial charge in [0.15, 0.2) is 0 Å². The van der Waals surface area contributed by atoms with Gasteiger partial charge in [-0.2, -0.15) is 4.31 Å². The van der Waals surface area contributed by atoms with E-state index in [1.165, 1.54) is 0 Å². The Morgan fingerprint density at radius 3 is 2.91 bits per heavy atom. The fraction of sp³-hybridized carbons (Fsp3) is 0.688. The third-order valence-electron chi connectivity index (χ3n) is 4.67. The Kier molecular flexibility index (Phi) is 4.89. The van der Waals surface area contributed by atoms with Crippen LogP contribution in [0, 0.1) is 5.41 Å². The molecule has 2 aliphatic heterocycles. The van der Waals surface area contributed by atoms with Crippen molar-refractivity contribution in [1.82, 2.24) is 9.29 Å². The van der Waals surface area contributed by atoms with E-state index in [1.807, 2.05) is 25.1 Å². The monoisotopic (exact) mass is 339 g/mol. The molecule has 1 aromatic heterocycles. The second-order valence-corrected chi connectivity index (χ2v) is 8.65. The molecule has 0 radical (unpaired) electrons. The van der Waals surface area contributed by atoms with Crippen LogP contribution in [0.2, 0.25) is 0 Å². The summed E-state index contributed by atoms with van der Waals surface area (Å²) in [7, 11) is -3.18. The first kappa shape index (κ1) is 16.7. The molecular weight excluding hydrogens is 314 g/mol. The normalized spacial score (nSPS) is 26.6. The summed E-state index contributed by atoms with van der Waals surface area (Å²) in [5, 5.41) is 0. The molecule has 2 saturated heterocycles. The van der Waals surface area contributed by atoms with Crippen LogP contribution in [0.5, 0.6) is 0 Å². The molecule has 3 rings (SSSR count). The summed E-state index contributed by atoms with van der Waals surface area (Å²) in [5.74, 6) is 1.17. The van der Waals surface area contributed by atoms with E-state index in [1.54, 1.807) is 10.5 Å². The lowest BCUT2D eigenvalue weighted by molar-refractivity contribution is 0.0807. The lowest BCUT2D eigenvalue weighted by atomic mass is 9.88. The van der Waals surface area contributed by atoms with Gasteiger partial charge in [0.2, 0.25) is 10.0 Å². The molecule has 0 bridgehead atoms. The van der Waals surface area contributed by atoms with Crippen LogP contribution in [0.15, 0.2) is 24.4 Å². The first-order valence-corrected chi connectivity index (χ1v) is 9.87. The van der Waals surface area contributed by atoms with E-state index < -0.39 is 10.0 Å². The maximum Gasteiger partial charge on any atom is 0.214 e. The molecule has 0 amide bonds. The zero-order valence-corrected chi connectivity index (χ0v) is 14.5. The third kappa shape index (κ3) is 3.67. The number of nitrogens with zero attached hydrogens (tertiary/aromatic N) is 3. The van der Waals surface area contributed by atoms with Crippen molar-refractivity contribution in [3.63, 3.8) is 0 Å². The van der Waals surface area contributed by atoms with Crippen molar-refractivity contribution in [2.24, 2.45) is 5.41 Å².